The molecule has 3 rings (SSSR count). The molecule has 1 aliphatic heterocycles. The van der Waals surface area contributed by atoms with E-state index in [1.165, 1.54) is 23.1 Å². The number of ether oxygens (including phenoxy) is 3. The van der Waals surface area contributed by atoms with Crippen LogP contribution >= 0.6 is 0 Å². The SMILES string of the molecule is CC(C)C(NC[C@@H](O)[C@H](Cc1ccc(OC(=N)N(C)C)cc1)NC(=O)O)S(=O)(=O)c1ccc2c(c1)OCO2. The monoisotopic (exact) mass is 550 g/mol. The second-order valence-corrected chi connectivity index (χ2v) is 11.5. The third kappa shape index (κ3) is 7.27. The van der Waals surface area contributed by atoms with Gasteiger partial charge in [0.2, 0.25) is 6.79 Å². The number of hydrogen-bond acceptors (Lipinski definition) is 9. The van der Waals surface area contributed by atoms with Gasteiger partial charge in [-0.2, -0.15) is 0 Å². The highest BCUT2D eigenvalue weighted by atomic mass is 32.2. The van der Waals surface area contributed by atoms with Crippen molar-refractivity contribution >= 4 is 22.0 Å². The predicted molar refractivity (Wildman–Crippen MR) is 140 cm³/mol. The second-order valence-electron chi connectivity index (χ2n) is 9.41. The van der Waals surface area contributed by atoms with Crippen LogP contribution in [0.3, 0.4) is 0 Å². The Morgan fingerprint density at radius 3 is 2.39 bits per heavy atom. The van der Waals surface area contributed by atoms with Gasteiger partial charge in [0.25, 0.3) is 6.02 Å². The van der Waals surface area contributed by atoms with E-state index in [1.807, 2.05) is 0 Å². The smallest absolute Gasteiger partial charge is 0.404 e. The van der Waals surface area contributed by atoms with Crippen molar-refractivity contribution in [3.05, 3.63) is 48.0 Å². The molecule has 1 heterocycles. The normalized spacial score (nSPS) is 15.0. The van der Waals surface area contributed by atoms with Crippen molar-refractivity contribution in [3.63, 3.8) is 0 Å². The molecule has 1 amide bonds. The average Bonchev–Trinajstić information content (AvgIpc) is 3.32. The lowest BCUT2D eigenvalue weighted by Crippen LogP contribution is -2.51. The molecular weight excluding hydrogens is 516 g/mol. The summed E-state index contributed by atoms with van der Waals surface area (Å²) in [4.78, 5) is 13.0. The molecule has 3 atom stereocenters. The minimum Gasteiger partial charge on any atom is -0.465 e. The van der Waals surface area contributed by atoms with Crippen molar-refractivity contribution in [1.29, 1.82) is 5.41 Å². The summed E-state index contributed by atoms with van der Waals surface area (Å²) >= 11 is 0. The largest absolute Gasteiger partial charge is 0.465 e. The fourth-order valence-corrected chi connectivity index (χ4v) is 5.73. The van der Waals surface area contributed by atoms with Crippen molar-refractivity contribution in [3.8, 4) is 17.2 Å². The number of hydrogen-bond donors (Lipinski definition) is 5. The van der Waals surface area contributed by atoms with E-state index < -0.39 is 33.5 Å². The van der Waals surface area contributed by atoms with E-state index in [0.29, 0.717) is 22.8 Å². The third-order valence-electron chi connectivity index (χ3n) is 5.91. The van der Waals surface area contributed by atoms with Crippen LogP contribution < -0.4 is 24.8 Å². The molecule has 38 heavy (non-hydrogen) atoms. The number of aliphatic hydroxyl groups is 1. The first kappa shape index (κ1) is 29.0. The number of benzene rings is 2. The van der Waals surface area contributed by atoms with E-state index in [-0.39, 0.29) is 36.6 Å². The maximum absolute atomic E-state index is 13.4. The maximum atomic E-state index is 13.4. The van der Waals surface area contributed by atoms with Crippen molar-refractivity contribution in [2.24, 2.45) is 5.92 Å². The van der Waals surface area contributed by atoms with Crippen LogP contribution in [0.5, 0.6) is 17.2 Å². The summed E-state index contributed by atoms with van der Waals surface area (Å²) in [6, 6.07) is 10.1. The van der Waals surface area contributed by atoms with E-state index in [1.54, 1.807) is 52.2 Å². The molecule has 0 bridgehead atoms. The van der Waals surface area contributed by atoms with E-state index in [4.69, 9.17) is 19.6 Å². The summed E-state index contributed by atoms with van der Waals surface area (Å²) in [5.74, 6) is 0.878. The Bertz CT molecular complexity index is 1230. The number of nitrogens with one attached hydrogen (secondary N) is 3. The Morgan fingerprint density at radius 2 is 1.79 bits per heavy atom. The second kappa shape index (κ2) is 12.3. The van der Waals surface area contributed by atoms with E-state index in [2.05, 4.69) is 10.6 Å². The van der Waals surface area contributed by atoms with Gasteiger partial charge in [-0.3, -0.25) is 10.7 Å². The highest BCUT2D eigenvalue weighted by Crippen LogP contribution is 2.35. The number of rotatable bonds is 11. The van der Waals surface area contributed by atoms with Crippen LogP contribution in [0.4, 0.5) is 4.79 Å². The minimum atomic E-state index is -3.88. The molecule has 12 nitrogen and oxygen atoms in total. The van der Waals surface area contributed by atoms with Crippen molar-refractivity contribution in [2.75, 3.05) is 27.4 Å². The van der Waals surface area contributed by atoms with Crippen LogP contribution in [-0.2, 0) is 16.3 Å². The fourth-order valence-electron chi connectivity index (χ4n) is 3.88. The van der Waals surface area contributed by atoms with Crippen LogP contribution in [0.2, 0.25) is 0 Å². The van der Waals surface area contributed by atoms with Gasteiger partial charge in [0.15, 0.2) is 21.3 Å². The standard InChI is InChI=1S/C25H34N4O8S/c1-15(2)23(38(33,34)18-9-10-21-22(12-18)36-14-35-21)27-13-20(30)19(28-25(31)32)11-16-5-7-17(8-6-16)37-24(26)29(3)4/h5-10,12,15,19-20,23,26-28,30H,11,13-14H2,1-4H3,(H,31,32)/t19-,20+,23?/m0/s1. The molecular formula is C25H34N4O8S. The van der Waals surface area contributed by atoms with Crippen LogP contribution in [0.15, 0.2) is 47.4 Å². The highest BCUT2D eigenvalue weighted by Gasteiger charge is 2.33. The zero-order valence-corrected chi connectivity index (χ0v) is 22.5. The lowest BCUT2D eigenvalue weighted by atomic mass is 10.0. The van der Waals surface area contributed by atoms with Gasteiger partial charge in [-0.1, -0.05) is 26.0 Å². The molecule has 5 N–H and O–H groups in total. The summed E-state index contributed by atoms with van der Waals surface area (Å²) in [6.07, 6.45) is -2.42. The van der Waals surface area contributed by atoms with Crippen LogP contribution in [0.1, 0.15) is 19.4 Å². The maximum Gasteiger partial charge on any atom is 0.404 e. The van der Waals surface area contributed by atoms with Crippen LogP contribution in [0.25, 0.3) is 0 Å². The minimum absolute atomic E-state index is 0.0182. The number of amidine groups is 1. The molecule has 0 aliphatic carbocycles. The molecule has 0 saturated carbocycles. The molecule has 0 aromatic heterocycles. The molecule has 2 aromatic rings. The van der Waals surface area contributed by atoms with E-state index >= 15 is 0 Å². The van der Waals surface area contributed by atoms with Crippen molar-refractivity contribution in [2.45, 2.75) is 42.7 Å². The Morgan fingerprint density at radius 1 is 1.13 bits per heavy atom. The van der Waals surface area contributed by atoms with Gasteiger partial charge in [0.1, 0.15) is 11.1 Å². The fraction of sp³-hybridized carbons (Fsp3) is 0.440. The van der Waals surface area contributed by atoms with Gasteiger partial charge in [-0.15, -0.1) is 0 Å². The van der Waals surface area contributed by atoms with Gasteiger partial charge in [0, 0.05) is 26.7 Å². The Balaban J connectivity index is 1.70. The molecule has 0 fully saturated rings. The number of aliphatic hydroxyl groups excluding tert-OH is 1. The lowest BCUT2D eigenvalue weighted by Gasteiger charge is -2.28. The van der Waals surface area contributed by atoms with Gasteiger partial charge in [0.05, 0.1) is 17.0 Å². The summed E-state index contributed by atoms with van der Waals surface area (Å²) in [7, 11) is -0.517. The van der Waals surface area contributed by atoms with Gasteiger partial charge < -0.3 is 34.6 Å². The summed E-state index contributed by atoms with van der Waals surface area (Å²) in [6.45, 7) is 3.31. The number of nitrogens with zero attached hydrogens (tertiary/aromatic N) is 1. The quantitative estimate of drug-likeness (QED) is 0.206. The molecule has 0 radical (unpaired) electrons. The van der Waals surface area contributed by atoms with E-state index in [9.17, 15) is 23.4 Å². The Hall–Kier alpha value is -3.55. The number of carbonyl (C=O) groups is 1. The van der Waals surface area contributed by atoms with Crippen molar-refractivity contribution in [1.82, 2.24) is 15.5 Å². The van der Waals surface area contributed by atoms with Gasteiger partial charge >= 0.3 is 6.09 Å². The third-order valence-corrected chi connectivity index (χ3v) is 8.20. The highest BCUT2D eigenvalue weighted by molar-refractivity contribution is 7.92. The molecule has 1 unspecified atom stereocenters. The molecule has 2 aromatic carbocycles. The Labute approximate surface area is 221 Å². The first-order chi connectivity index (χ1) is 17.9. The molecule has 0 saturated heterocycles. The van der Waals surface area contributed by atoms with Crippen LogP contribution in [-0.4, -0.2) is 80.6 Å². The lowest BCUT2D eigenvalue weighted by molar-refractivity contribution is 0.116. The predicted octanol–water partition coefficient (Wildman–Crippen LogP) is 1.88. The molecule has 1 aliphatic rings. The first-order valence-electron chi connectivity index (χ1n) is 12.0. The van der Waals surface area contributed by atoms with Crippen molar-refractivity contribution < 1.29 is 37.6 Å². The van der Waals surface area contributed by atoms with Gasteiger partial charge in [-0.25, -0.2) is 13.2 Å². The zero-order chi connectivity index (χ0) is 28.0. The van der Waals surface area contributed by atoms with Crippen LogP contribution in [0, 0.1) is 11.3 Å². The number of amides is 1. The molecule has 13 heteroatoms. The van der Waals surface area contributed by atoms with E-state index in [0.717, 1.165) is 0 Å². The van der Waals surface area contributed by atoms with Gasteiger partial charge in [-0.05, 0) is 42.2 Å². The molecule has 0 spiro atoms. The molecule has 208 valence electrons. The summed E-state index contributed by atoms with van der Waals surface area (Å²) < 4.78 is 42.7. The number of fused-ring (bicyclic) bond motifs is 1. The summed E-state index contributed by atoms with van der Waals surface area (Å²) in [5, 5.41) is 32.1. The zero-order valence-electron chi connectivity index (χ0n) is 21.7. The summed E-state index contributed by atoms with van der Waals surface area (Å²) in [5.41, 5.74) is 0.708. The Kier molecular flexibility index (Phi) is 9.41. The number of sulfone groups is 1. The first-order valence-corrected chi connectivity index (χ1v) is 13.5. The number of carboxylic acid groups (broad SMARTS) is 1. The topological polar surface area (TPSA) is 171 Å². The average molecular weight is 551 g/mol.